The summed E-state index contributed by atoms with van der Waals surface area (Å²) in [7, 11) is 3.92. The molecule has 1 N–H and O–H groups in total. The van der Waals surface area contributed by atoms with Crippen molar-refractivity contribution in [2.24, 2.45) is 0 Å². The summed E-state index contributed by atoms with van der Waals surface area (Å²) >= 11 is 5.91. The summed E-state index contributed by atoms with van der Waals surface area (Å²) in [4.78, 5) is 4.24. The van der Waals surface area contributed by atoms with Gasteiger partial charge in [0.1, 0.15) is 0 Å². The molecule has 0 bridgehead atoms. The summed E-state index contributed by atoms with van der Waals surface area (Å²) in [5, 5.41) is 11.8. The number of rotatable bonds is 2. The van der Waals surface area contributed by atoms with Crippen molar-refractivity contribution in [3.63, 3.8) is 0 Å². The van der Waals surface area contributed by atoms with Gasteiger partial charge in [-0.1, -0.05) is 25.4 Å². The number of hydrogen-bond acceptors (Lipinski definition) is 5. The number of anilines is 2. The number of aromatic nitrogens is 2. The van der Waals surface area contributed by atoms with E-state index in [1.165, 1.54) is 0 Å². The second-order valence-electron chi connectivity index (χ2n) is 4.01. The maximum Gasteiger partial charge on any atom is 0.174 e. The quantitative estimate of drug-likeness (QED) is 0.886. The second kappa shape index (κ2) is 7.38. The Morgan fingerprint density at radius 3 is 2.39 bits per heavy atom. The highest BCUT2D eigenvalue weighted by molar-refractivity contribution is 6.29. The van der Waals surface area contributed by atoms with Gasteiger partial charge in [-0.2, -0.15) is 0 Å². The van der Waals surface area contributed by atoms with Crippen LogP contribution in [0.25, 0.3) is 0 Å². The minimum Gasteiger partial charge on any atom is -0.366 e. The lowest BCUT2D eigenvalue weighted by atomic mass is 10.3. The predicted molar refractivity (Wildman–Crippen MR) is 77.8 cm³/mol. The van der Waals surface area contributed by atoms with Crippen LogP contribution in [0.15, 0.2) is 6.07 Å². The molecule has 18 heavy (non-hydrogen) atoms. The molecule has 0 spiro atoms. The van der Waals surface area contributed by atoms with Gasteiger partial charge in [-0.3, -0.25) is 0 Å². The van der Waals surface area contributed by atoms with Gasteiger partial charge in [0.15, 0.2) is 11.0 Å². The van der Waals surface area contributed by atoms with E-state index in [9.17, 15) is 0 Å². The molecular weight excluding hydrogens is 250 g/mol. The van der Waals surface area contributed by atoms with Gasteiger partial charge in [0.25, 0.3) is 0 Å². The SMILES string of the molecule is CC.CN(C)c1nnc(Cl)cc1N1CCNCC1. The molecule has 5 nitrogen and oxygen atoms in total. The van der Waals surface area contributed by atoms with Crippen LogP contribution in [0.4, 0.5) is 11.5 Å². The molecule has 2 rings (SSSR count). The lowest BCUT2D eigenvalue weighted by Gasteiger charge is -2.31. The fourth-order valence-corrected chi connectivity index (χ4v) is 1.95. The summed E-state index contributed by atoms with van der Waals surface area (Å²) in [6.07, 6.45) is 0. The highest BCUT2D eigenvalue weighted by Gasteiger charge is 2.17. The van der Waals surface area contributed by atoms with E-state index < -0.39 is 0 Å². The van der Waals surface area contributed by atoms with Crippen molar-refractivity contribution in [2.45, 2.75) is 13.8 Å². The summed E-state index contributed by atoms with van der Waals surface area (Å²) in [6, 6.07) is 1.88. The Hall–Kier alpha value is -1.07. The van der Waals surface area contributed by atoms with Gasteiger partial charge in [-0.05, 0) is 0 Å². The third-order valence-corrected chi connectivity index (χ3v) is 2.79. The molecule has 6 heteroatoms. The molecule has 0 radical (unpaired) electrons. The largest absolute Gasteiger partial charge is 0.366 e. The van der Waals surface area contributed by atoms with Crippen molar-refractivity contribution in [3.05, 3.63) is 11.2 Å². The Morgan fingerprint density at radius 1 is 1.22 bits per heavy atom. The van der Waals surface area contributed by atoms with E-state index in [2.05, 4.69) is 20.4 Å². The lowest BCUT2D eigenvalue weighted by Crippen LogP contribution is -2.44. The summed E-state index contributed by atoms with van der Waals surface area (Å²) in [6.45, 7) is 7.94. The number of nitrogens with one attached hydrogen (secondary N) is 1. The van der Waals surface area contributed by atoms with Crippen molar-refractivity contribution in [1.29, 1.82) is 0 Å². The lowest BCUT2D eigenvalue weighted by molar-refractivity contribution is 0.588. The molecule has 0 aromatic carbocycles. The topological polar surface area (TPSA) is 44.3 Å². The Morgan fingerprint density at radius 2 is 1.83 bits per heavy atom. The van der Waals surface area contributed by atoms with Crippen LogP contribution in [-0.4, -0.2) is 50.5 Å². The number of halogens is 1. The van der Waals surface area contributed by atoms with Crippen molar-refractivity contribution < 1.29 is 0 Å². The average Bonchev–Trinajstić information content (AvgIpc) is 2.41. The predicted octanol–water partition coefficient (Wildman–Crippen LogP) is 1.63. The van der Waals surface area contributed by atoms with Crippen molar-refractivity contribution in [1.82, 2.24) is 15.5 Å². The van der Waals surface area contributed by atoms with Crippen LogP contribution in [0.2, 0.25) is 5.15 Å². The van der Waals surface area contributed by atoms with Crippen LogP contribution < -0.4 is 15.1 Å². The third kappa shape index (κ3) is 3.71. The maximum atomic E-state index is 5.91. The molecule has 0 amide bonds. The highest BCUT2D eigenvalue weighted by Crippen LogP contribution is 2.27. The van der Waals surface area contributed by atoms with E-state index in [-0.39, 0.29) is 0 Å². The standard InChI is InChI=1S/C10H16ClN5.C2H6/c1-15(2)10-8(7-9(11)13-14-10)16-5-3-12-4-6-16;1-2/h7,12H,3-6H2,1-2H3;1-2H3. The third-order valence-electron chi connectivity index (χ3n) is 2.61. The van der Waals surface area contributed by atoms with Crippen LogP contribution >= 0.6 is 11.6 Å². The van der Waals surface area contributed by atoms with Gasteiger partial charge in [0.05, 0.1) is 5.69 Å². The Kier molecular flexibility index (Phi) is 6.15. The molecule has 1 aliphatic heterocycles. The highest BCUT2D eigenvalue weighted by atomic mass is 35.5. The maximum absolute atomic E-state index is 5.91. The molecular formula is C12H22ClN5. The second-order valence-corrected chi connectivity index (χ2v) is 4.39. The normalized spacial score (nSPS) is 14.8. The zero-order chi connectivity index (χ0) is 13.5. The van der Waals surface area contributed by atoms with Crippen LogP contribution in [0, 0.1) is 0 Å². The van der Waals surface area contributed by atoms with Gasteiger partial charge in [-0.15, -0.1) is 10.2 Å². The van der Waals surface area contributed by atoms with Crippen LogP contribution in [0.1, 0.15) is 13.8 Å². The van der Waals surface area contributed by atoms with Gasteiger partial charge < -0.3 is 15.1 Å². The molecule has 0 aliphatic carbocycles. The Labute approximate surface area is 114 Å². The van der Waals surface area contributed by atoms with E-state index in [4.69, 9.17) is 11.6 Å². The first-order chi connectivity index (χ1) is 8.68. The number of hydrogen-bond donors (Lipinski definition) is 1. The molecule has 2 heterocycles. The monoisotopic (exact) mass is 271 g/mol. The fraction of sp³-hybridized carbons (Fsp3) is 0.667. The smallest absolute Gasteiger partial charge is 0.174 e. The van der Waals surface area contributed by atoms with E-state index >= 15 is 0 Å². The number of nitrogens with zero attached hydrogens (tertiary/aromatic N) is 4. The van der Waals surface area contributed by atoms with E-state index in [0.29, 0.717) is 5.15 Å². The van der Waals surface area contributed by atoms with Crippen LogP contribution in [0.3, 0.4) is 0 Å². The van der Waals surface area contributed by atoms with Crippen LogP contribution in [0.5, 0.6) is 0 Å². The van der Waals surface area contributed by atoms with Gasteiger partial charge >= 0.3 is 0 Å². The average molecular weight is 272 g/mol. The molecule has 1 aromatic rings. The van der Waals surface area contributed by atoms with Crippen molar-refractivity contribution in [2.75, 3.05) is 50.1 Å². The first kappa shape index (κ1) is 15.0. The first-order valence-corrected chi connectivity index (χ1v) is 6.72. The summed E-state index contributed by atoms with van der Waals surface area (Å²) < 4.78 is 0. The van der Waals surface area contributed by atoms with Gasteiger partial charge in [0.2, 0.25) is 0 Å². The molecule has 1 aliphatic rings. The number of piperazine rings is 1. The Balaban J connectivity index is 0.000000771. The molecule has 0 saturated carbocycles. The Bertz CT molecular complexity index is 363. The van der Waals surface area contributed by atoms with E-state index in [1.807, 2.05) is 38.9 Å². The molecule has 1 aromatic heterocycles. The van der Waals surface area contributed by atoms with E-state index in [1.54, 1.807) is 0 Å². The van der Waals surface area contributed by atoms with Crippen molar-refractivity contribution >= 4 is 23.1 Å². The molecule has 0 unspecified atom stereocenters. The van der Waals surface area contributed by atoms with Gasteiger partial charge in [-0.25, -0.2) is 0 Å². The fourth-order valence-electron chi connectivity index (χ4n) is 1.81. The zero-order valence-corrected chi connectivity index (χ0v) is 12.3. The first-order valence-electron chi connectivity index (χ1n) is 6.34. The minimum atomic E-state index is 0.444. The molecule has 1 saturated heterocycles. The minimum absolute atomic E-state index is 0.444. The summed E-state index contributed by atoms with van der Waals surface area (Å²) in [5.41, 5.74) is 1.06. The molecule has 1 fully saturated rings. The molecule has 0 atom stereocenters. The van der Waals surface area contributed by atoms with Crippen molar-refractivity contribution in [3.8, 4) is 0 Å². The van der Waals surface area contributed by atoms with E-state index in [0.717, 1.165) is 37.7 Å². The zero-order valence-electron chi connectivity index (χ0n) is 11.6. The van der Waals surface area contributed by atoms with Crippen LogP contribution in [-0.2, 0) is 0 Å². The molecule has 102 valence electrons. The van der Waals surface area contributed by atoms with Gasteiger partial charge in [0, 0.05) is 46.3 Å². The summed E-state index contributed by atoms with van der Waals surface area (Å²) in [5.74, 6) is 0.867.